The van der Waals surface area contributed by atoms with Crippen LogP contribution in [0.5, 0.6) is 0 Å². The van der Waals surface area contributed by atoms with Gasteiger partial charge in [-0.2, -0.15) is 0 Å². The van der Waals surface area contributed by atoms with Crippen molar-refractivity contribution < 1.29 is 18.7 Å². The molecule has 4 aromatic rings. The Labute approximate surface area is 212 Å². The van der Waals surface area contributed by atoms with Gasteiger partial charge in [-0.05, 0) is 58.9 Å². The second-order valence-electron chi connectivity index (χ2n) is 9.14. The number of nitrogens with zero attached hydrogens (tertiary/aromatic N) is 1. The van der Waals surface area contributed by atoms with Crippen LogP contribution in [0.2, 0.25) is 0 Å². The van der Waals surface area contributed by atoms with E-state index >= 15 is 0 Å². The minimum absolute atomic E-state index is 0.0468. The zero-order valence-corrected chi connectivity index (χ0v) is 20.6. The zero-order valence-electron chi connectivity index (χ0n) is 19.7. The van der Waals surface area contributed by atoms with E-state index in [1.165, 1.54) is 22.3 Å². The highest BCUT2D eigenvalue weighted by Gasteiger charge is 2.25. The lowest BCUT2D eigenvalue weighted by molar-refractivity contribution is -0.140. The number of carboxylic acids is 1. The maximum atomic E-state index is 13.7. The van der Waals surface area contributed by atoms with E-state index in [1.807, 2.05) is 18.2 Å². The van der Waals surface area contributed by atoms with Crippen LogP contribution in [-0.4, -0.2) is 21.8 Å². The molecule has 0 amide bonds. The van der Waals surface area contributed by atoms with Crippen molar-refractivity contribution in [2.75, 3.05) is 5.75 Å². The van der Waals surface area contributed by atoms with E-state index in [2.05, 4.69) is 41.4 Å². The van der Waals surface area contributed by atoms with Crippen LogP contribution in [0.25, 0.3) is 23.1 Å². The number of fused-ring (bicyclic) bond motifs is 3. The summed E-state index contributed by atoms with van der Waals surface area (Å²) in [5.41, 5.74) is 7.06. The Morgan fingerprint density at radius 2 is 1.75 bits per heavy atom. The highest BCUT2D eigenvalue weighted by Crippen LogP contribution is 2.43. The van der Waals surface area contributed by atoms with Crippen molar-refractivity contribution in [1.82, 2.24) is 4.98 Å². The highest BCUT2D eigenvalue weighted by atomic mass is 32.2. The van der Waals surface area contributed by atoms with Crippen molar-refractivity contribution in [1.29, 1.82) is 0 Å². The first-order valence-corrected chi connectivity index (χ1v) is 12.9. The van der Waals surface area contributed by atoms with E-state index in [9.17, 15) is 18.7 Å². The summed E-state index contributed by atoms with van der Waals surface area (Å²) in [6.45, 7) is 1.74. The first-order valence-electron chi connectivity index (χ1n) is 11.9. The standard InChI is InChI=1S/C30H25F2NO2S/c1-18(30(34)35)17-36-29-24-5-3-2-4-20(24)9-10-21-8-6-19(14-25(21)29)7-12-23-13-11-22-15-26(31)27(32)16-28(22)33-23/h2-8,11-16,18,29H,9-10,17H2,1H3,(H,34,35). The number of hydrogen-bond acceptors (Lipinski definition) is 3. The molecular weight excluding hydrogens is 476 g/mol. The minimum atomic E-state index is -0.914. The van der Waals surface area contributed by atoms with Gasteiger partial charge in [0.2, 0.25) is 0 Å². The molecule has 1 aliphatic rings. The molecule has 0 radical (unpaired) electrons. The number of benzene rings is 3. The molecule has 3 aromatic carbocycles. The van der Waals surface area contributed by atoms with E-state index in [0.717, 1.165) is 30.5 Å². The number of pyridine rings is 1. The Kier molecular flexibility index (Phi) is 6.88. The fourth-order valence-electron chi connectivity index (χ4n) is 4.54. The van der Waals surface area contributed by atoms with Crippen LogP contribution in [0.15, 0.2) is 66.7 Å². The molecule has 1 aliphatic carbocycles. The monoisotopic (exact) mass is 501 g/mol. The van der Waals surface area contributed by atoms with Crippen molar-refractivity contribution in [3.8, 4) is 0 Å². The normalized spacial score (nSPS) is 15.9. The van der Waals surface area contributed by atoms with Gasteiger partial charge in [0.25, 0.3) is 0 Å². The van der Waals surface area contributed by atoms with E-state index in [1.54, 1.807) is 30.8 Å². The molecule has 2 unspecified atom stereocenters. The maximum Gasteiger partial charge on any atom is 0.307 e. The molecule has 0 fully saturated rings. The predicted octanol–water partition coefficient (Wildman–Crippen LogP) is 7.33. The van der Waals surface area contributed by atoms with Crippen LogP contribution in [0.4, 0.5) is 8.78 Å². The quantitative estimate of drug-likeness (QED) is 0.301. The van der Waals surface area contributed by atoms with Crippen molar-refractivity contribution in [3.05, 3.63) is 112 Å². The van der Waals surface area contributed by atoms with Crippen LogP contribution in [0.3, 0.4) is 0 Å². The highest BCUT2D eigenvalue weighted by molar-refractivity contribution is 7.99. The van der Waals surface area contributed by atoms with Gasteiger partial charge < -0.3 is 5.11 Å². The van der Waals surface area contributed by atoms with E-state index in [0.29, 0.717) is 22.3 Å². The van der Waals surface area contributed by atoms with Gasteiger partial charge in [0.15, 0.2) is 11.6 Å². The Morgan fingerprint density at radius 3 is 2.56 bits per heavy atom. The van der Waals surface area contributed by atoms with Gasteiger partial charge in [-0.15, -0.1) is 11.8 Å². The van der Waals surface area contributed by atoms with Crippen molar-refractivity contribution >= 4 is 40.8 Å². The number of aryl methyl sites for hydroxylation is 2. The average Bonchev–Trinajstić information content (AvgIpc) is 3.03. The van der Waals surface area contributed by atoms with Crippen molar-refractivity contribution in [2.45, 2.75) is 25.0 Å². The molecular formula is C30H25F2NO2S. The number of thioether (sulfide) groups is 1. The third kappa shape index (κ3) is 5.05. The third-order valence-electron chi connectivity index (χ3n) is 6.59. The molecule has 36 heavy (non-hydrogen) atoms. The number of rotatable bonds is 6. The van der Waals surface area contributed by atoms with Gasteiger partial charge in [-0.3, -0.25) is 4.79 Å². The number of aromatic nitrogens is 1. The molecule has 1 N–H and O–H groups in total. The number of carboxylic acid groups (broad SMARTS) is 1. The fraction of sp³-hybridized carbons (Fsp3) is 0.200. The maximum absolute atomic E-state index is 13.7. The van der Waals surface area contributed by atoms with Crippen LogP contribution in [0, 0.1) is 17.6 Å². The summed E-state index contributed by atoms with van der Waals surface area (Å²) in [7, 11) is 0. The molecule has 0 bridgehead atoms. The molecule has 3 nitrogen and oxygen atoms in total. The van der Waals surface area contributed by atoms with Crippen molar-refractivity contribution in [2.24, 2.45) is 5.92 Å². The third-order valence-corrected chi connectivity index (χ3v) is 8.12. The minimum Gasteiger partial charge on any atom is -0.481 e. The largest absolute Gasteiger partial charge is 0.481 e. The smallest absolute Gasteiger partial charge is 0.307 e. The summed E-state index contributed by atoms with van der Waals surface area (Å²) in [5, 5.41) is 10.0. The van der Waals surface area contributed by atoms with Gasteiger partial charge in [0, 0.05) is 17.2 Å². The van der Waals surface area contributed by atoms with Crippen LogP contribution in [0.1, 0.15) is 45.7 Å². The van der Waals surface area contributed by atoms with Gasteiger partial charge in [-0.25, -0.2) is 13.8 Å². The summed E-state index contributed by atoms with van der Waals surface area (Å²) >= 11 is 1.68. The number of hydrogen-bond donors (Lipinski definition) is 1. The zero-order chi connectivity index (χ0) is 25.2. The van der Waals surface area contributed by atoms with Gasteiger partial charge in [0.05, 0.1) is 22.4 Å². The second-order valence-corrected chi connectivity index (χ2v) is 10.3. The SMILES string of the molecule is CC(CSC1c2ccccc2CCc2ccc(C=Cc3ccc4cc(F)c(F)cc4n3)cc21)C(=O)O. The molecule has 0 spiro atoms. The lowest BCUT2D eigenvalue weighted by atomic mass is 9.97. The topological polar surface area (TPSA) is 50.2 Å². The second kappa shape index (κ2) is 10.2. The molecule has 5 rings (SSSR count). The number of halogens is 2. The number of aliphatic carboxylic acids is 1. The van der Waals surface area contributed by atoms with E-state index in [-0.39, 0.29) is 5.25 Å². The van der Waals surface area contributed by atoms with Gasteiger partial charge in [0.1, 0.15) is 0 Å². The van der Waals surface area contributed by atoms with E-state index in [4.69, 9.17) is 0 Å². The average molecular weight is 502 g/mol. The van der Waals surface area contributed by atoms with E-state index < -0.39 is 23.5 Å². The number of carbonyl (C=O) groups is 1. The van der Waals surface area contributed by atoms with Gasteiger partial charge >= 0.3 is 5.97 Å². The molecule has 0 aliphatic heterocycles. The van der Waals surface area contributed by atoms with Crippen LogP contribution in [-0.2, 0) is 17.6 Å². The fourth-order valence-corrected chi connectivity index (χ4v) is 5.97. The summed E-state index contributed by atoms with van der Waals surface area (Å²) in [4.78, 5) is 15.9. The van der Waals surface area contributed by atoms with Crippen LogP contribution >= 0.6 is 11.8 Å². The predicted molar refractivity (Wildman–Crippen MR) is 142 cm³/mol. The molecule has 0 saturated heterocycles. The lowest BCUT2D eigenvalue weighted by Crippen LogP contribution is -2.13. The summed E-state index contributed by atoms with van der Waals surface area (Å²) in [6.07, 6.45) is 5.70. The molecule has 182 valence electrons. The molecule has 2 atom stereocenters. The van der Waals surface area contributed by atoms with Crippen molar-refractivity contribution in [3.63, 3.8) is 0 Å². The Hall–Kier alpha value is -3.51. The van der Waals surface area contributed by atoms with Crippen LogP contribution < -0.4 is 0 Å². The molecule has 1 heterocycles. The Morgan fingerprint density at radius 1 is 1.00 bits per heavy atom. The Balaban J connectivity index is 1.48. The summed E-state index contributed by atoms with van der Waals surface area (Å²) in [5.74, 6) is -2.50. The lowest BCUT2D eigenvalue weighted by Gasteiger charge is -2.21. The van der Waals surface area contributed by atoms with Gasteiger partial charge in [-0.1, -0.05) is 61.5 Å². The molecule has 0 saturated carbocycles. The summed E-state index contributed by atoms with van der Waals surface area (Å²) < 4.78 is 27.2. The molecule has 1 aromatic heterocycles. The molecule has 6 heteroatoms. The Bertz CT molecular complexity index is 1480. The summed E-state index contributed by atoms with van der Waals surface area (Å²) in [6, 6.07) is 20.6. The first kappa shape index (κ1) is 24.2. The first-order chi connectivity index (χ1) is 17.4.